The molecule has 10 heteroatoms. The van der Waals surface area contributed by atoms with Gasteiger partial charge in [0, 0.05) is 12.3 Å². The van der Waals surface area contributed by atoms with Gasteiger partial charge in [-0.05, 0) is 43.2 Å². The Morgan fingerprint density at radius 1 is 1.10 bits per heavy atom. The number of aryl methyl sites for hydroxylation is 2. The van der Waals surface area contributed by atoms with E-state index in [0.717, 1.165) is 11.1 Å². The largest absolute Gasteiger partial charge is 0.456 e. The van der Waals surface area contributed by atoms with E-state index in [1.807, 2.05) is 19.9 Å². The number of halogens is 4. The number of amides is 1. The number of carbonyl (C=O) groups excluding carboxylic acids is 2. The molecule has 0 saturated heterocycles. The van der Waals surface area contributed by atoms with Gasteiger partial charge in [-0.3, -0.25) is 9.69 Å². The smallest absolute Gasteiger partial charge is 0.340 e. The Bertz CT molecular complexity index is 1160. The summed E-state index contributed by atoms with van der Waals surface area (Å²) in [6.45, 7) is 4.88. The van der Waals surface area contributed by atoms with Crippen molar-refractivity contribution in [1.29, 1.82) is 0 Å². The van der Waals surface area contributed by atoms with E-state index in [1.165, 1.54) is 23.2 Å². The molecule has 0 spiro atoms. The average molecular weight is 485 g/mol. The molecule has 0 radical (unpaired) electrons. The summed E-state index contributed by atoms with van der Waals surface area (Å²) in [5.74, 6) is -3.60. The molecule has 0 saturated carbocycles. The Hall–Kier alpha value is -2.55. The summed E-state index contributed by atoms with van der Waals surface area (Å²) < 4.78 is 31.7. The highest BCUT2D eigenvalue weighted by Gasteiger charge is 2.23. The second kappa shape index (κ2) is 9.30. The van der Waals surface area contributed by atoms with Crippen molar-refractivity contribution in [1.82, 2.24) is 4.98 Å². The van der Waals surface area contributed by atoms with Crippen LogP contribution in [0.1, 0.15) is 34.1 Å². The lowest BCUT2D eigenvalue weighted by molar-refractivity contribution is -0.115. The molecule has 0 aliphatic heterocycles. The standard InChI is InChI=1S/C21H16Cl2F2N2O3S/c1-10-4-11(2)19(16(23)5-10)27(12(3)28)21-26-13(9-31-21)8-30-20(29)14-6-17(24)18(25)7-15(14)22/h4-7,9H,8H2,1-3H3. The van der Waals surface area contributed by atoms with Crippen molar-refractivity contribution < 1.29 is 23.1 Å². The zero-order valence-corrected chi connectivity index (χ0v) is 19.0. The number of benzene rings is 2. The van der Waals surface area contributed by atoms with Crippen LogP contribution in [0.5, 0.6) is 0 Å². The van der Waals surface area contributed by atoms with Gasteiger partial charge < -0.3 is 4.74 Å². The molecule has 1 aromatic heterocycles. The van der Waals surface area contributed by atoms with Gasteiger partial charge in [0.1, 0.15) is 6.61 Å². The molecule has 1 heterocycles. The molecule has 1 amide bonds. The molecule has 0 unspecified atom stereocenters. The fourth-order valence-electron chi connectivity index (χ4n) is 2.94. The van der Waals surface area contributed by atoms with Gasteiger partial charge in [-0.25, -0.2) is 18.6 Å². The third-order valence-corrected chi connectivity index (χ3v) is 5.72. The second-order valence-electron chi connectivity index (χ2n) is 6.71. The predicted molar refractivity (Wildman–Crippen MR) is 116 cm³/mol. The first-order chi connectivity index (χ1) is 14.6. The molecule has 0 bridgehead atoms. The average Bonchev–Trinajstić information content (AvgIpc) is 3.13. The van der Waals surface area contributed by atoms with E-state index in [9.17, 15) is 18.4 Å². The first kappa shape index (κ1) is 23.1. The number of esters is 1. The number of thiazole rings is 1. The zero-order chi connectivity index (χ0) is 22.9. The Morgan fingerprint density at radius 2 is 1.77 bits per heavy atom. The Labute approximate surface area is 191 Å². The van der Waals surface area contributed by atoms with Crippen molar-refractivity contribution in [3.63, 3.8) is 0 Å². The molecule has 3 rings (SSSR count). The Kier molecular flexibility index (Phi) is 6.93. The Morgan fingerprint density at radius 3 is 2.42 bits per heavy atom. The van der Waals surface area contributed by atoms with Crippen molar-refractivity contribution in [3.05, 3.63) is 73.7 Å². The van der Waals surface area contributed by atoms with Gasteiger partial charge in [-0.1, -0.05) is 29.3 Å². The number of rotatable bonds is 5. The molecule has 0 aliphatic carbocycles. The number of carbonyl (C=O) groups is 2. The van der Waals surface area contributed by atoms with E-state index in [1.54, 1.807) is 11.4 Å². The first-order valence-corrected chi connectivity index (χ1v) is 10.6. The van der Waals surface area contributed by atoms with Gasteiger partial charge >= 0.3 is 5.97 Å². The SMILES string of the molecule is CC(=O)N(c1nc(COC(=O)c2cc(F)c(F)cc2Cl)cs1)c1c(C)cc(C)cc1Cl. The topological polar surface area (TPSA) is 59.5 Å². The number of ether oxygens (including phenoxy) is 1. The zero-order valence-electron chi connectivity index (χ0n) is 16.6. The molecule has 5 nitrogen and oxygen atoms in total. The molecule has 3 aromatic rings. The van der Waals surface area contributed by atoms with E-state index in [0.29, 0.717) is 33.7 Å². The van der Waals surface area contributed by atoms with E-state index >= 15 is 0 Å². The number of anilines is 2. The van der Waals surface area contributed by atoms with Crippen molar-refractivity contribution in [2.75, 3.05) is 4.90 Å². The lowest BCUT2D eigenvalue weighted by atomic mass is 10.1. The van der Waals surface area contributed by atoms with Crippen LogP contribution in [0.3, 0.4) is 0 Å². The van der Waals surface area contributed by atoms with Gasteiger partial charge in [0.05, 0.1) is 27.0 Å². The van der Waals surface area contributed by atoms with Crippen molar-refractivity contribution >= 4 is 57.2 Å². The Balaban J connectivity index is 1.81. The summed E-state index contributed by atoms with van der Waals surface area (Å²) in [5, 5.41) is 2.10. The summed E-state index contributed by atoms with van der Waals surface area (Å²) in [4.78, 5) is 30.3. The van der Waals surface area contributed by atoms with Crippen molar-refractivity contribution in [2.24, 2.45) is 0 Å². The van der Waals surface area contributed by atoms with E-state index in [4.69, 9.17) is 27.9 Å². The van der Waals surface area contributed by atoms with Crippen LogP contribution in [-0.2, 0) is 16.1 Å². The second-order valence-corrected chi connectivity index (χ2v) is 8.36. The van der Waals surface area contributed by atoms with Gasteiger partial charge in [-0.2, -0.15) is 0 Å². The van der Waals surface area contributed by atoms with Crippen LogP contribution in [0, 0.1) is 25.5 Å². The van der Waals surface area contributed by atoms with Gasteiger partial charge in [-0.15, -0.1) is 11.3 Å². The highest BCUT2D eigenvalue weighted by Crippen LogP contribution is 2.37. The molecule has 162 valence electrons. The quantitative estimate of drug-likeness (QED) is 0.311. The minimum atomic E-state index is -1.21. The molecule has 2 aromatic carbocycles. The van der Waals surface area contributed by atoms with Crippen LogP contribution in [-0.4, -0.2) is 16.9 Å². The monoisotopic (exact) mass is 484 g/mol. The number of hydrogen-bond acceptors (Lipinski definition) is 5. The minimum absolute atomic E-state index is 0.253. The molecule has 0 fully saturated rings. The number of hydrogen-bond donors (Lipinski definition) is 0. The van der Waals surface area contributed by atoms with Crippen molar-refractivity contribution in [3.8, 4) is 0 Å². The summed E-state index contributed by atoms with van der Waals surface area (Å²) in [7, 11) is 0. The lowest BCUT2D eigenvalue weighted by Crippen LogP contribution is -2.24. The third kappa shape index (κ3) is 5.03. The molecule has 0 atom stereocenters. The van der Waals surface area contributed by atoms with Gasteiger partial charge in [0.2, 0.25) is 5.91 Å². The summed E-state index contributed by atoms with van der Waals surface area (Å²) in [5.41, 5.74) is 2.34. The normalized spacial score (nSPS) is 10.8. The molecule has 31 heavy (non-hydrogen) atoms. The minimum Gasteiger partial charge on any atom is -0.456 e. The number of aromatic nitrogens is 1. The van der Waals surface area contributed by atoms with Gasteiger partial charge in [0.15, 0.2) is 16.8 Å². The van der Waals surface area contributed by atoms with Crippen LogP contribution in [0.4, 0.5) is 19.6 Å². The summed E-state index contributed by atoms with van der Waals surface area (Å²) >= 11 is 13.3. The maximum atomic E-state index is 13.4. The first-order valence-electron chi connectivity index (χ1n) is 8.92. The lowest BCUT2D eigenvalue weighted by Gasteiger charge is -2.22. The third-order valence-electron chi connectivity index (χ3n) is 4.25. The molecule has 0 aliphatic rings. The van der Waals surface area contributed by atoms with E-state index in [2.05, 4.69) is 4.98 Å². The summed E-state index contributed by atoms with van der Waals surface area (Å²) in [6.07, 6.45) is 0. The fourth-order valence-corrected chi connectivity index (χ4v) is 4.43. The van der Waals surface area contributed by atoms with Crippen LogP contribution in [0.25, 0.3) is 0 Å². The van der Waals surface area contributed by atoms with Crippen LogP contribution >= 0.6 is 34.5 Å². The summed E-state index contributed by atoms with van der Waals surface area (Å²) in [6, 6.07) is 5.03. The van der Waals surface area contributed by atoms with E-state index in [-0.39, 0.29) is 23.1 Å². The van der Waals surface area contributed by atoms with Crippen LogP contribution in [0.2, 0.25) is 10.0 Å². The van der Waals surface area contributed by atoms with Crippen molar-refractivity contribution in [2.45, 2.75) is 27.4 Å². The molecule has 0 N–H and O–H groups in total. The highest BCUT2D eigenvalue weighted by atomic mass is 35.5. The predicted octanol–water partition coefficient (Wildman–Crippen LogP) is 6.39. The van der Waals surface area contributed by atoms with Crippen LogP contribution < -0.4 is 4.90 Å². The number of nitrogens with zero attached hydrogens (tertiary/aromatic N) is 2. The molecular weight excluding hydrogens is 469 g/mol. The van der Waals surface area contributed by atoms with Gasteiger partial charge in [0.25, 0.3) is 0 Å². The highest BCUT2D eigenvalue weighted by molar-refractivity contribution is 7.14. The molecular formula is C21H16Cl2F2N2O3S. The fraction of sp³-hybridized carbons (Fsp3) is 0.190. The maximum Gasteiger partial charge on any atom is 0.340 e. The van der Waals surface area contributed by atoms with E-state index < -0.39 is 17.6 Å². The van der Waals surface area contributed by atoms with Crippen LogP contribution in [0.15, 0.2) is 29.6 Å². The maximum absolute atomic E-state index is 13.4.